The highest BCUT2D eigenvalue weighted by molar-refractivity contribution is 5.88. The molecule has 0 aliphatic carbocycles. The molecule has 0 unspecified atom stereocenters. The maximum absolute atomic E-state index is 11.9. The maximum Gasteiger partial charge on any atom is 0.333 e. The smallest absolute Gasteiger partial charge is 0.333 e. The predicted octanol–water partition coefficient (Wildman–Crippen LogP) is 7.94. The first-order valence-corrected chi connectivity index (χ1v) is 13.8. The van der Waals surface area contributed by atoms with Gasteiger partial charge in [0.05, 0.1) is 0 Å². The number of hydrogen-bond donors (Lipinski definition) is 0. The van der Waals surface area contributed by atoms with Crippen molar-refractivity contribution in [3.8, 4) is 0 Å². The van der Waals surface area contributed by atoms with E-state index < -0.39 is 17.9 Å². The second-order valence-corrected chi connectivity index (χ2v) is 10.7. The van der Waals surface area contributed by atoms with Gasteiger partial charge in [-0.25, -0.2) is 14.4 Å². The molecule has 3 aromatic rings. The third-order valence-electron chi connectivity index (χ3n) is 6.87. The number of nitrogens with zero attached hydrogens (tertiary/aromatic N) is 1. The number of aryl methyl sites for hydroxylation is 3. The predicted molar refractivity (Wildman–Crippen MR) is 169 cm³/mol. The van der Waals surface area contributed by atoms with E-state index in [1.165, 1.54) is 0 Å². The Labute approximate surface area is 254 Å². The van der Waals surface area contributed by atoms with Crippen molar-refractivity contribution in [2.24, 2.45) is 0 Å². The lowest BCUT2D eigenvalue weighted by atomic mass is 10.0. The van der Waals surface area contributed by atoms with Crippen molar-refractivity contribution in [3.05, 3.63) is 124 Å². The molecule has 43 heavy (non-hydrogen) atoms. The fraction of sp³-hybridized carbons (Fsp3) is 0.250. The molecule has 0 saturated carbocycles. The minimum Gasteiger partial charge on any atom is -0.457 e. The second kappa shape index (κ2) is 14.3. The van der Waals surface area contributed by atoms with E-state index in [9.17, 15) is 14.4 Å². The summed E-state index contributed by atoms with van der Waals surface area (Å²) in [4.78, 5) is 37.9. The van der Waals surface area contributed by atoms with E-state index in [4.69, 9.17) is 14.2 Å². The first-order chi connectivity index (χ1) is 20.3. The Balaban J connectivity index is 2.01. The molecule has 0 aliphatic heterocycles. The highest BCUT2D eigenvalue weighted by Crippen LogP contribution is 2.37. The molecular weight excluding hydrogens is 542 g/mol. The molecule has 0 amide bonds. The van der Waals surface area contributed by atoms with Gasteiger partial charge in [-0.1, -0.05) is 37.9 Å². The van der Waals surface area contributed by atoms with Gasteiger partial charge in [-0.15, -0.1) is 0 Å². The second-order valence-electron chi connectivity index (χ2n) is 10.7. The van der Waals surface area contributed by atoms with E-state index in [-0.39, 0.29) is 19.8 Å². The van der Waals surface area contributed by atoms with Gasteiger partial charge in [0.15, 0.2) is 0 Å². The molecule has 0 aromatic heterocycles. The zero-order chi connectivity index (χ0) is 31.8. The minimum absolute atomic E-state index is 0.144. The fourth-order valence-electron chi connectivity index (χ4n) is 4.19. The van der Waals surface area contributed by atoms with Crippen LogP contribution < -0.4 is 4.90 Å². The summed E-state index contributed by atoms with van der Waals surface area (Å²) < 4.78 is 16.1. The first-order valence-electron chi connectivity index (χ1n) is 13.8. The molecule has 7 heteroatoms. The Hall–Kier alpha value is -4.91. The molecule has 224 valence electrons. The van der Waals surface area contributed by atoms with E-state index in [2.05, 4.69) is 24.6 Å². The molecule has 7 nitrogen and oxygen atoms in total. The standard InChI is InChI=1S/C36H39NO6/c1-22(2)34(38)41-19-28-10-13-31(16-25(28)7)37(32-14-11-29(26(8)17-32)20-42-35(39)23(3)4)33-15-12-30(27(9)18-33)21-43-36(40)24(5)6/h10-18H,1,3,5,19-21H2,2,4,6-9H3. The van der Waals surface area contributed by atoms with Crippen molar-refractivity contribution in [3.63, 3.8) is 0 Å². The van der Waals surface area contributed by atoms with Gasteiger partial charge in [0.2, 0.25) is 0 Å². The molecule has 0 radical (unpaired) electrons. The minimum atomic E-state index is -0.431. The highest BCUT2D eigenvalue weighted by Gasteiger charge is 2.17. The van der Waals surface area contributed by atoms with E-state index in [0.29, 0.717) is 16.7 Å². The van der Waals surface area contributed by atoms with Crippen molar-refractivity contribution < 1.29 is 28.6 Å². The van der Waals surface area contributed by atoms with E-state index in [0.717, 1.165) is 50.4 Å². The topological polar surface area (TPSA) is 82.1 Å². The molecule has 0 heterocycles. The number of anilines is 3. The summed E-state index contributed by atoms with van der Waals surface area (Å²) in [6.45, 7) is 22.1. The number of carbonyl (C=O) groups is 3. The van der Waals surface area contributed by atoms with Crippen molar-refractivity contribution in [1.29, 1.82) is 0 Å². The maximum atomic E-state index is 11.9. The average Bonchev–Trinajstić information content (AvgIpc) is 2.95. The van der Waals surface area contributed by atoms with Crippen LogP contribution in [0.2, 0.25) is 0 Å². The number of ether oxygens (including phenoxy) is 3. The molecule has 0 N–H and O–H groups in total. The Bertz CT molecular complexity index is 1410. The average molecular weight is 582 g/mol. The molecule has 3 aromatic carbocycles. The molecule has 0 saturated heterocycles. The quantitative estimate of drug-likeness (QED) is 0.122. The van der Waals surface area contributed by atoms with Crippen LogP contribution in [-0.4, -0.2) is 17.9 Å². The third-order valence-corrected chi connectivity index (χ3v) is 6.87. The number of rotatable bonds is 12. The SMILES string of the molecule is C=C(C)C(=O)OCc1ccc(N(c2ccc(COC(=O)C(=C)C)c(C)c2)c2ccc(COC(=O)C(=C)C)c(C)c2)cc1C. The lowest BCUT2D eigenvalue weighted by Crippen LogP contribution is -2.13. The van der Waals surface area contributed by atoms with E-state index in [1.54, 1.807) is 20.8 Å². The number of carbonyl (C=O) groups excluding carboxylic acids is 3. The molecular formula is C36H39NO6. The lowest BCUT2D eigenvalue weighted by molar-refractivity contribution is -0.141. The van der Waals surface area contributed by atoms with E-state index >= 15 is 0 Å². The van der Waals surface area contributed by atoms with Crippen LogP contribution in [0.3, 0.4) is 0 Å². The summed E-state index contributed by atoms with van der Waals surface area (Å²) in [5.74, 6) is -1.29. The largest absolute Gasteiger partial charge is 0.457 e. The van der Waals surface area contributed by atoms with Gasteiger partial charge in [0.1, 0.15) is 19.8 Å². The molecule has 3 rings (SSSR count). The molecule has 0 atom stereocenters. The van der Waals surface area contributed by atoms with Crippen LogP contribution in [0.25, 0.3) is 0 Å². The van der Waals surface area contributed by atoms with Crippen molar-refractivity contribution in [1.82, 2.24) is 0 Å². The molecule has 0 bridgehead atoms. The number of hydrogen-bond acceptors (Lipinski definition) is 7. The van der Waals surface area contributed by atoms with Crippen LogP contribution in [0.4, 0.5) is 17.1 Å². The van der Waals surface area contributed by atoms with Gasteiger partial charge >= 0.3 is 17.9 Å². The fourth-order valence-corrected chi connectivity index (χ4v) is 4.19. The summed E-state index contributed by atoms with van der Waals surface area (Å²) in [5.41, 5.74) is 9.26. The Morgan fingerprint density at radius 1 is 0.535 bits per heavy atom. The number of benzene rings is 3. The van der Waals surface area contributed by atoms with E-state index in [1.807, 2.05) is 75.4 Å². The molecule has 0 fully saturated rings. The summed E-state index contributed by atoms with van der Waals surface area (Å²) >= 11 is 0. The highest BCUT2D eigenvalue weighted by atomic mass is 16.5. The lowest BCUT2D eigenvalue weighted by Gasteiger charge is -2.28. The van der Waals surface area contributed by atoms with Crippen LogP contribution in [0.1, 0.15) is 54.2 Å². The van der Waals surface area contributed by atoms with Gasteiger partial charge in [-0.05, 0) is 111 Å². The van der Waals surface area contributed by atoms with Crippen LogP contribution in [0.15, 0.2) is 91.1 Å². The van der Waals surface area contributed by atoms with Crippen LogP contribution in [-0.2, 0) is 48.4 Å². The zero-order valence-electron chi connectivity index (χ0n) is 25.8. The first kappa shape index (κ1) is 32.6. The monoisotopic (exact) mass is 581 g/mol. The van der Waals surface area contributed by atoms with Gasteiger partial charge < -0.3 is 19.1 Å². The van der Waals surface area contributed by atoms with Gasteiger partial charge in [-0.2, -0.15) is 0 Å². The molecule has 0 aliphatic rings. The summed E-state index contributed by atoms with van der Waals surface area (Å²) in [6, 6.07) is 17.9. The summed E-state index contributed by atoms with van der Waals surface area (Å²) in [7, 11) is 0. The Kier molecular flexibility index (Phi) is 10.9. The van der Waals surface area contributed by atoms with Gasteiger partial charge in [0, 0.05) is 33.8 Å². The van der Waals surface area contributed by atoms with Gasteiger partial charge in [0.25, 0.3) is 0 Å². The van der Waals surface area contributed by atoms with Crippen LogP contribution >= 0.6 is 0 Å². The molecule has 0 spiro atoms. The van der Waals surface area contributed by atoms with Crippen molar-refractivity contribution >= 4 is 35.0 Å². The third kappa shape index (κ3) is 8.55. The van der Waals surface area contributed by atoms with Crippen LogP contribution in [0.5, 0.6) is 0 Å². The van der Waals surface area contributed by atoms with Gasteiger partial charge in [-0.3, -0.25) is 0 Å². The van der Waals surface area contributed by atoms with Crippen molar-refractivity contribution in [2.75, 3.05) is 4.90 Å². The Morgan fingerprint density at radius 2 is 0.791 bits per heavy atom. The normalized spacial score (nSPS) is 10.5. The Morgan fingerprint density at radius 3 is 1.00 bits per heavy atom. The van der Waals surface area contributed by atoms with Crippen LogP contribution in [0, 0.1) is 20.8 Å². The zero-order valence-corrected chi connectivity index (χ0v) is 25.8. The summed E-state index contributed by atoms with van der Waals surface area (Å²) in [6.07, 6.45) is 0. The van der Waals surface area contributed by atoms with Crippen molar-refractivity contribution in [2.45, 2.75) is 61.4 Å². The summed E-state index contributed by atoms with van der Waals surface area (Å²) in [5, 5.41) is 0. The number of esters is 3.